The average Bonchev–Trinajstić information content (AvgIpc) is 3.36. The molecule has 2 aromatic heterocycles. The zero-order chi connectivity index (χ0) is 18.2. The summed E-state index contributed by atoms with van der Waals surface area (Å²) in [6.07, 6.45) is 4.03. The van der Waals surface area contributed by atoms with Crippen LogP contribution in [0.15, 0.2) is 60.1 Å². The normalized spacial score (nSPS) is 15.8. The van der Waals surface area contributed by atoms with Gasteiger partial charge >= 0.3 is 0 Å². The molecule has 0 fully saturated rings. The summed E-state index contributed by atoms with van der Waals surface area (Å²) in [7, 11) is 0. The van der Waals surface area contributed by atoms with Crippen LogP contribution < -0.4 is 11.1 Å². The van der Waals surface area contributed by atoms with Gasteiger partial charge in [-0.15, -0.1) is 11.3 Å². The van der Waals surface area contributed by atoms with E-state index in [1.807, 2.05) is 23.7 Å². The van der Waals surface area contributed by atoms with Crippen LogP contribution in [0.3, 0.4) is 0 Å². The summed E-state index contributed by atoms with van der Waals surface area (Å²) in [6.45, 7) is 0.731. The van der Waals surface area contributed by atoms with E-state index < -0.39 is 0 Å². The number of anilines is 2. The quantitative estimate of drug-likeness (QED) is 0.531. The smallest absolute Gasteiger partial charge is 0.127 e. The van der Waals surface area contributed by atoms with Crippen molar-refractivity contribution in [3.8, 4) is 0 Å². The third-order valence-electron chi connectivity index (χ3n) is 5.31. The van der Waals surface area contributed by atoms with Crippen molar-refractivity contribution in [2.75, 3.05) is 11.1 Å². The minimum Gasteiger partial charge on any atom is -0.383 e. The number of rotatable bonds is 4. The van der Waals surface area contributed by atoms with Crippen molar-refractivity contribution in [3.63, 3.8) is 0 Å². The van der Waals surface area contributed by atoms with Gasteiger partial charge in [-0.3, -0.25) is 0 Å². The maximum absolute atomic E-state index is 6.35. The Morgan fingerprint density at radius 1 is 1.11 bits per heavy atom. The van der Waals surface area contributed by atoms with E-state index in [4.69, 9.17) is 5.73 Å². The molecule has 0 saturated heterocycles. The van der Waals surface area contributed by atoms with E-state index in [0.717, 1.165) is 46.5 Å². The number of nitrogen functional groups attached to an aromatic ring is 1. The fraction of sp³-hybridized carbons (Fsp3) is 0.182. The molecule has 27 heavy (non-hydrogen) atoms. The van der Waals surface area contributed by atoms with Crippen molar-refractivity contribution in [2.24, 2.45) is 0 Å². The predicted octanol–water partition coefficient (Wildman–Crippen LogP) is 4.96. The molecule has 4 aromatic rings. The molecule has 5 heteroatoms. The highest BCUT2D eigenvalue weighted by atomic mass is 32.1. The second kappa shape index (κ2) is 6.67. The summed E-state index contributed by atoms with van der Waals surface area (Å²) in [5, 5.41) is 7.64. The molecule has 0 saturated carbocycles. The van der Waals surface area contributed by atoms with E-state index in [9.17, 15) is 0 Å². The second-order valence-corrected chi connectivity index (χ2v) is 7.92. The number of aromatic nitrogens is 2. The van der Waals surface area contributed by atoms with E-state index in [2.05, 4.69) is 51.7 Å². The maximum atomic E-state index is 6.35. The molecule has 0 unspecified atom stereocenters. The molecule has 0 radical (unpaired) electrons. The molecule has 2 heterocycles. The van der Waals surface area contributed by atoms with Crippen LogP contribution >= 0.6 is 11.3 Å². The number of pyridine rings is 1. The molecule has 0 bridgehead atoms. The van der Waals surface area contributed by atoms with Crippen LogP contribution in [0.25, 0.3) is 10.9 Å². The van der Waals surface area contributed by atoms with E-state index in [0.29, 0.717) is 11.7 Å². The van der Waals surface area contributed by atoms with Gasteiger partial charge < -0.3 is 11.1 Å². The molecule has 0 aliphatic heterocycles. The highest BCUT2D eigenvalue weighted by Gasteiger charge is 2.25. The third kappa shape index (κ3) is 3.04. The number of nitrogens with two attached hydrogens (primary N) is 1. The van der Waals surface area contributed by atoms with Gasteiger partial charge in [0.05, 0.1) is 12.1 Å². The van der Waals surface area contributed by atoms with Gasteiger partial charge in [0, 0.05) is 34.1 Å². The lowest BCUT2D eigenvalue weighted by Gasteiger charge is -2.16. The molecular formula is C22H20N4S. The van der Waals surface area contributed by atoms with Crippen LogP contribution in [0, 0.1) is 0 Å². The molecule has 3 N–H and O–H groups in total. The first-order valence-electron chi connectivity index (χ1n) is 9.18. The number of nitrogens with one attached hydrogen (secondary N) is 1. The standard InChI is InChI=1S/C22H20N4S/c23-22-19(18-7-5-14-3-1-2-4-17(14)18)12-15-11-16(6-8-20(15)26-22)25-13-21-24-9-10-27-21/h1-4,6,8-12,18,25H,5,7,13H2,(H2,23,26)/t18-/m1/s1. The Kier molecular flexibility index (Phi) is 4.02. The number of aryl methyl sites for hydroxylation is 1. The highest BCUT2D eigenvalue weighted by Crippen LogP contribution is 2.40. The number of benzene rings is 2. The van der Waals surface area contributed by atoms with Crippen LogP contribution in [0.5, 0.6) is 0 Å². The Labute approximate surface area is 162 Å². The minimum atomic E-state index is 0.338. The Morgan fingerprint density at radius 3 is 2.93 bits per heavy atom. The molecule has 2 aromatic carbocycles. The molecule has 1 aliphatic carbocycles. The molecular weight excluding hydrogens is 352 g/mol. The molecule has 0 amide bonds. The van der Waals surface area contributed by atoms with Crippen molar-refractivity contribution < 1.29 is 0 Å². The average molecular weight is 372 g/mol. The first kappa shape index (κ1) is 16.3. The largest absolute Gasteiger partial charge is 0.383 e. The third-order valence-corrected chi connectivity index (χ3v) is 6.09. The maximum Gasteiger partial charge on any atom is 0.127 e. The van der Waals surface area contributed by atoms with Crippen molar-refractivity contribution in [1.82, 2.24) is 9.97 Å². The summed E-state index contributed by atoms with van der Waals surface area (Å²) in [6, 6.07) is 17.1. The summed E-state index contributed by atoms with van der Waals surface area (Å²) < 4.78 is 0. The minimum absolute atomic E-state index is 0.338. The topological polar surface area (TPSA) is 63.8 Å². The van der Waals surface area contributed by atoms with Gasteiger partial charge in [0.25, 0.3) is 0 Å². The first-order chi connectivity index (χ1) is 13.3. The van der Waals surface area contributed by atoms with Gasteiger partial charge in [-0.2, -0.15) is 0 Å². The Morgan fingerprint density at radius 2 is 2.04 bits per heavy atom. The fourth-order valence-corrected chi connectivity index (χ4v) is 4.55. The van der Waals surface area contributed by atoms with Crippen molar-refractivity contribution >= 4 is 33.7 Å². The number of fused-ring (bicyclic) bond motifs is 2. The molecule has 134 valence electrons. The Bertz CT molecular complexity index is 1100. The molecule has 1 aliphatic rings. The Balaban J connectivity index is 1.49. The lowest BCUT2D eigenvalue weighted by Crippen LogP contribution is -2.04. The van der Waals surface area contributed by atoms with Gasteiger partial charge in [0.2, 0.25) is 0 Å². The van der Waals surface area contributed by atoms with Gasteiger partial charge in [0.1, 0.15) is 10.8 Å². The Hall–Kier alpha value is -2.92. The van der Waals surface area contributed by atoms with Gasteiger partial charge in [-0.05, 0) is 48.2 Å². The monoisotopic (exact) mass is 372 g/mol. The van der Waals surface area contributed by atoms with Gasteiger partial charge in [0.15, 0.2) is 0 Å². The lowest BCUT2D eigenvalue weighted by atomic mass is 9.92. The van der Waals surface area contributed by atoms with E-state index in [1.165, 1.54) is 11.1 Å². The molecule has 0 spiro atoms. The molecule has 5 rings (SSSR count). The van der Waals surface area contributed by atoms with Crippen LogP contribution in [0.4, 0.5) is 11.5 Å². The van der Waals surface area contributed by atoms with Crippen LogP contribution in [-0.2, 0) is 13.0 Å². The SMILES string of the molecule is Nc1nc2ccc(NCc3nccs3)cc2cc1[C@@H]1CCc2ccccc21. The summed E-state index contributed by atoms with van der Waals surface area (Å²) in [4.78, 5) is 9.00. The van der Waals surface area contributed by atoms with Crippen LogP contribution in [0.1, 0.15) is 34.0 Å². The van der Waals surface area contributed by atoms with Crippen LogP contribution in [-0.4, -0.2) is 9.97 Å². The fourth-order valence-electron chi connectivity index (χ4n) is 3.99. The first-order valence-corrected chi connectivity index (χ1v) is 10.1. The molecule has 4 nitrogen and oxygen atoms in total. The van der Waals surface area contributed by atoms with Gasteiger partial charge in [-0.25, -0.2) is 9.97 Å². The second-order valence-electron chi connectivity index (χ2n) is 6.94. The van der Waals surface area contributed by atoms with E-state index >= 15 is 0 Å². The van der Waals surface area contributed by atoms with E-state index in [-0.39, 0.29) is 0 Å². The van der Waals surface area contributed by atoms with Gasteiger partial charge in [-0.1, -0.05) is 24.3 Å². The van der Waals surface area contributed by atoms with Crippen molar-refractivity contribution in [3.05, 3.63) is 81.8 Å². The van der Waals surface area contributed by atoms with E-state index in [1.54, 1.807) is 11.3 Å². The van der Waals surface area contributed by atoms with Crippen molar-refractivity contribution in [1.29, 1.82) is 0 Å². The zero-order valence-corrected chi connectivity index (χ0v) is 15.7. The summed E-state index contributed by atoms with van der Waals surface area (Å²) in [5.41, 5.74) is 12.3. The highest BCUT2D eigenvalue weighted by molar-refractivity contribution is 7.09. The number of nitrogens with zero attached hydrogens (tertiary/aromatic N) is 2. The summed E-state index contributed by atoms with van der Waals surface area (Å²) >= 11 is 1.66. The predicted molar refractivity (Wildman–Crippen MR) is 112 cm³/mol. The molecule has 1 atom stereocenters. The summed E-state index contributed by atoms with van der Waals surface area (Å²) in [5.74, 6) is 0.984. The number of hydrogen-bond acceptors (Lipinski definition) is 5. The van der Waals surface area contributed by atoms with Crippen LogP contribution in [0.2, 0.25) is 0 Å². The van der Waals surface area contributed by atoms with Crippen molar-refractivity contribution in [2.45, 2.75) is 25.3 Å². The number of thiazole rings is 1. The zero-order valence-electron chi connectivity index (χ0n) is 14.9. The number of hydrogen-bond donors (Lipinski definition) is 2. The lowest BCUT2D eigenvalue weighted by molar-refractivity contribution is 0.788.